The monoisotopic (exact) mass is 311 g/mol. The third kappa shape index (κ3) is 5.14. The summed E-state index contributed by atoms with van der Waals surface area (Å²) in [6, 6.07) is 10.5. The van der Waals surface area contributed by atoms with Gasteiger partial charge < -0.3 is 16.2 Å². The topological polar surface area (TPSA) is 91.2 Å². The predicted octanol–water partition coefficient (Wildman–Crippen LogP) is 3.37. The maximum absolute atomic E-state index is 11.9. The second kappa shape index (κ2) is 6.52. The lowest BCUT2D eigenvalue weighted by Crippen LogP contribution is -2.23. The van der Waals surface area contributed by atoms with E-state index in [1.807, 2.05) is 45.1 Å². The molecular formula is C18H21N3O2. The zero-order valence-electron chi connectivity index (χ0n) is 13.5. The minimum Gasteiger partial charge on any atom is -0.456 e. The summed E-state index contributed by atoms with van der Waals surface area (Å²) in [5.41, 5.74) is 13.6. The molecular weight excluding hydrogens is 290 g/mol. The number of ether oxygens (including phenoxy) is 1. The van der Waals surface area contributed by atoms with Gasteiger partial charge in [-0.1, -0.05) is 18.2 Å². The molecule has 2 rings (SSSR count). The highest BCUT2D eigenvalue weighted by Gasteiger charge is 2.17. The standard InChI is InChI=1S/C18H21N3O2/c1-18(2,3)23-17(22)13-7-4-12(5-8-13)6-9-15-10-14(19)11-16(20)21-15/h4-11H,1-3H3,(H4,19,20,21). The van der Waals surface area contributed by atoms with Crippen molar-refractivity contribution >= 4 is 29.6 Å². The van der Waals surface area contributed by atoms with E-state index >= 15 is 0 Å². The number of esters is 1. The summed E-state index contributed by atoms with van der Waals surface area (Å²) in [6.45, 7) is 5.52. The number of hydrogen-bond donors (Lipinski definition) is 2. The van der Waals surface area contributed by atoms with Crippen LogP contribution in [0.15, 0.2) is 36.4 Å². The van der Waals surface area contributed by atoms with Gasteiger partial charge >= 0.3 is 5.97 Å². The van der Waals surface area contributed by atoms with Crippen LogP contribution in [0.3, 0.4) is 0 Å². The van der Waals surface area contributed by atoms with Crippen LogP contribution in [-0.4, -0.2) is 16.6 Å². The van der Waals surface area contributed by atoms with Gasteiger partial charge in [-0.25, -0.2) is 9.78 Å². The molecule has 0 atom stereocenters. The van der Waals surface area contributed by atoms with Gasteiger partial charge in [-0.3, -0.25) is 0 Å². The number of pyridine rings is 1. The quantitative estimate of drug-likeness (QED) is 0.848. The van der Waals surface area contributed by atoms with Crippen molar-refractivity contribution in [1.29, 1.82) is 0 Å². The molecule has 0 saturated carbocycles. The van der Waals surface area contributed by atoms with E-state index in [1.54, 1.807) is 24.3 Å². The van der Waals surface area contributed by atoms with Gasteiger partial charge in [0.2, 0.25) is 0 Å². The van der Waals surface area contributed by atoms with Crippen LogP contribution >= 0.6 is 0 Å². The molecule has 0 amide bonds. The van der Waals surface area contributed by atoms with Gasteiger partial charge in [-0.2, -0.15) is 0 Å². The summed E-state index contributed by atoms with van der Waals surface area (Å²) in [5, 5.41) is 0. The van der Waals surface area contributed by atoms with E-state index in [4.69, 9.17) is 16.2 Å². The largest absolute Gasteiger partial charge is 0.456 e. The number of benzene rings is 1. The number of hydrogen-bond acceptors (Lipinski definition) is 5. The summed E-state index contributed by atoms with van der Waals surface area (Å²) in [7, 11) is 0. The van der Waals surface area contributed by atoms with E-state index in [2.05, 4.69) is 4.98 Å². The Morgan fingerprint density at radius 2 is 1.74 bits per heavy atom. The van der Waals surface area contributed by atoms with Crippen LogP contribution in [-0.2, 0) is 4.74 Å². The highest BCUT2D eigenvalue weighted by atomic mass is 16.6. The molecule has 1 heterocycles. The SMILES string of the molecule is CC(C)(C)OC(=O)c1ccc(C=Cc2cc(N)cc(N)n2)cc1. The van der Waals surface area contributed by atoms with E-state index in [-0.39, 0.29) is 5.97 Å². The first kappa shape index (κ1) is 16.5. The molecule has 120 valence electrons. The highest BCUT2D eigenvalue weighted by Crippen LogP contribution is 2.15. The fourth-order valence-corrected chi connectivity index (χ4v) is 1.93. The molecule has 5 nitrogen and oxygen atoms in total. The average Bonchev–Trinajstić information content (AvgIpc) is 2.43. The number of nitrogens with zero attached hydrogens (tertiary/aromatic N) is 1. The Balaban J connectivity index is 2.10. The maximum atomic E-state index is 11.9. The first-order valence-electron chi connectivity index (χ1n) is 7.27. The molecule has 2 aromatic rings. The fraction of sp³-hybridized carbons (Fsp3) is 0.222. The number of aromatic nitrogens is 1. The first-order chi connectivity index (χ1) is 10.7. The molecule has 1 aromatic carbocycles. The van der Waals surface area contributed by atoms with Crippen molar-refractivity contribution in [3.05, 3.63) is 53.2 Å². The molecule has 0 aliphatic rings. The van der Waals surface area contributed by atoms with Crippen molar-refractivity contribution in [3.8, 4) is 0 Å². The van der Waals surface area contributed by atoms with Crippen molar-refractivity contribution in [3.63, 3.8) is 0 Å². The molecule has 0 aliphatic heterocycles. The minimum atomic E-state index is -0.505. The fourth-order valence-electron chi connectivity index (χ4n) is 1.93. The Hall–Kier alpha value is -2.82. The van der Waals surface area contributed by atoms with Crippen molar-refractivity contribution < 1.29 is 9.53 Å². The molecule has 0 bridgehead atoms. The van der Waals surface area contributed by atoms with E-state index < -0.39 is 5.60 Å². The molecule has 0 saturated heterocycles. The van der Waals surface area contributed by atoms with Gasteiger partial charge in [0.1, 0.15) is 11.4 Å². The Bertz CT molecular complexity index is 709. The van der Waals surface area contributed by atoms with Crippen LogP contribution in [0, 0.1) is 0 Å². The summed E-state index contributed by atoms with van der Waals surface area (Å²) in [4.78, 5) is 16.1. The Morgan fingerprint density at radius 1 is 1.09 bits per heavy atom. The Morgan fingerprint density at radius 3 is 2.30 bits per heavy atom. The van der Waals surface area contributed by atoms with Crippen molar-refractivity contribution in [2.24, 2.45) is 0 Å². The molecule has 4 N–H and O–H groups in total. The van der Waals surface area contributed by atoms with Crippen molar-refractivity contribution in [2.75, 3.05) is 11.5 Å². The third-order valence-corrected chi connectivity index (χ3v) is 2.88. The summed E-state index contributed by atoms with van der Waals surface area (Å²) < 4.78 is 5.32. The Labute approximate surface area is 136 Å². The summed E-state index contributed by atoms with van der Waals surface area (Å²) >= 11 is 0. The van der Waals surface area contributed by atoms with Gasteiger partial charge in [0.05, 0.1) is 11.3 Å². The lowest BCUT2D eigenvalue weighted by molar-refractivity contribution is 0.00695. The van der Waals surface area contributed by atoms with Gasteiger partial charge in [-0.05, 0) is 50.6 Å². The second-order valence-corrected chi connectivity index (χ2v) is 6.21. The lowest BCUT2D eigenvalue weighted by atomic mass is 10.1. The lowest BCUT2D eigenvalue weighted by Gasteiger charge is -2.19. The van der Waals surface area contributed by atoms with Crippen LogP contribution in [0.5, 0.6) is 0 Å². The highest BCUT2D eigenvalue weighted by molar-refractivity contribution is 5.90. The van der Waals surface area contributed by atoms with Crippen molar-refractivity contribution in [1.82, 2.24) is 4.98 Å². The van der Waals surface area contributed by atoms with Gasteiger partial charge in [0, 0.05) is 11.8 Å². The van der Waals surface area contributed by atoms with Gasteiger partial charge in [-0.15, -0.1) is 0 Å². The zero-order valence-corrected chi connectivity index (χ0v) is 13.5. The smallest absolute Gasteiger partial charge is 0.338 e. The van der Waals surface area contributed by atoms with Gasteiger partial charge in [0.25, 0.3) is 0 Å². The summed E-state index contributed by atoms with van der Waals surface area (Å²) in [6.07, 6.45) is 3.69. The zero-order chi connectivity index (χ0) is 17.0. The minimum absolute atomic E-state index is 0.335. The molecule has 0 fully saturated rings. The Kier molecular flexibility index (Phi) is 4.69. The van der Waals surface area contributed by atoms with E-state index in [9.17, 15) is 4.79 Å². The molecule has 0 aliphatic carbocycles. The van der Waals surface area contributed by atoms with Crippen LogP contribution in [0.25, 0.3) is 12.2 Å². The number of carbonyl (C=O) groups is 1. The molecule has 5 heteroatoms. The maximum Gasteiger partial charge on any atom is 0.338 e. The summed E-state index contributed by atoms with van der Waals surface area (Å²) in [5.74, 6) is 0.0447. The van der Waals surface area contributed by atoms with E-state index in [1.165, 1.54) is 0 Å². The van der Waals surface area contributed by atoms with E-state index in [0.717, 1.165) is 5.56 Å². The molecule has 23 heavy (non-hydrogen) atoms. The van der Waals surface area contributed by atoms with Crippen LogP contribution < -0.4 is 11.5 Å². The molecule has 0 radical (unpaired) electrons. The second-order valence-electron chi connectivity index (χ2n) is 6.21. The number of carbonyl (C=O) groups excluding carboxylic acids is 1. The van der Waals surface area contributed by atoms with Crippen LogP contribution in [0.1, 0.15) is 42.4 Å². The number of anilines is 2. The van der Waals surface area contributed by atoms with Gasteiger partial charge in [0.15, 0.2) is 0 Å². The van der Waals surface area contributed by atoms with Crippen molar-refractivity contribution in [2.45, 2.75) is 26.4 Å². The van der Waals surface area contributed by atoms with Crippen LogP contribution in [0.2, 0.25) is 0 Å². The molecule has 0 unspecified atom stereocenters. The number of nitrogen functional groups attached to an aromatic ring is 2. The third-order valence-electron chi connectivity index (χ3n) is 2.88. The van der Waals surface area contributed by atoms with Crippen LogP contribution in [0.4, 0.5) is 11.5 Å². The average molecular weight is 311 g/mol. The first-order valence-corrected chi connectivity index (χ1v) is 7.27. The number of nitrogens with two attached hydrogens (primary N) is 2. The predicted molar refractivity (Wildman–Crippen MR) is 93.6 cm³/mol. The molecule has 1 aromatic heterocycles. The normalized spacial score (nSPS) is 11.6. The molecule has 0 spiro atoms. The number of rotatable bonds is 3. The van der Waals surface area contributed by atoms with E-state index in [0.29, 0.717) is 22.8 Å².